The minimum absolute atomic E-state index is 0.0440. The Morgan fingerprint density at radius 3 is 2.30 bits per heavy atom. The van der Waals surface area contributed by atoms with Gasteiger partial charge in [-0.25, -0.2) is 8.78 Å². The van der Waals surface area contributed by atoms with Crippen molar-refractivity contribution in [2.45, 2.75) is 19.8 Å². The summed E-state index contributed by atoms with van der Waals surface area (Å²) < 4.78 is 26.2. The van der Waals surface area contributed by atoms with Crippen molar-refractivity contribution in [1.29, 1.82) is 0 Å². The lowest BCUT2D eigenvalue weighted by molar-refractivity contribution is 0.102. The van der Waals surface area contributed by atoms with Crippen molar-refractivity contribution in [3.63, 3.8) is 0 Å². The zero-order valence-electron chi connectivity index (χ0n) is 11.3. The number of nitrogens with one attached hydrogen (secondary N) is 1. The summed E-state index contributed by atoms with van der Waals surface area (Å²) in [6.45, 7) is 4.09. The third-order valence-corrected chi connectivity index (χ3v) is 2.94. The van der Waals surface area contributed by atoms with Crippen molar-refractivity contribution in [3.05, 3.63) is 65.2 Å². The maximum absolute atomic E-state index is 13.1. The van der Waals surface area contributed by atoms with E-state index in [1.54, 1.807) is 6.07 Å². The number of hydrogen-bond donors (Lipinski definition) is 1. The van der Waals surface area contributed by atoms with Gasteiger partial charge >= 0.3 is 0 Å². The molecule has 1 N–H and O–H groups in total. The zero-order valence-corrected chi connectivity index (χ0v) is 11.3. The predicted molar refractivity (Wildman–Crippen MR) is 74.8 cm³/mol. The minimum atomic E-state index is -0.772. The average molecular weight is 275 g/mol. The molecule has 4 heteroatoms. The maximum atomic E-state index is 13.1. The number of benzene rings is 2. The molecule has 2 aromatic carbocycles. The fourth-order valence-corrected chi connectivity index (χ4v) is 1.86. The van der Waals surface area contributed by atoms with E-state index in [4.69, 9.17) is 0 Å². The maximum Gasteiger partial charge on any atom is 0.255 e. The summed E-state index contributed by atoms with van der Waals surface area (Å²) >= 11 is 0. The predicted octanol–water partition coefficient (Wildman–Crippen LogP) is 4.34. The fourth-order valence-electron chi connectivity index (χ4n) is 1.86. The molecule has 1 amide bonds. The summed E-state index contributed by atoms with van der Waals surface area (Å²) in [5, 5.41) is 2.64. The van der Waals surface area contributed by atoms with Gasteiger partial charge in [0, 0.05) is 17.3 Å². The van der Waals surface area contributed by atoms with Gasteiger partial charge in [0.05, 0.1) is 0 Å². The highest BCUT2D eigenvalue weighted by Crippen LogP contribution is 2.19. The van der Waals surface area contributed by atoms with E-state index in [1.807, 2.05) is 32.0 Å². The summed E-state index contributed by atoms with van der Waals surface area (Å²) in [4.78, 5) is 12.0. The lowest BCUT2D eigenvalue weighted by Gasteiger charge is -2.09. The standard InChI is InChI=1S/C16H15F2NO/c1-10(2)11-4-3-5-15(8-11)19-16(20)12-6-13(17)9-14(18)7-12/h3-10H,1-2H3,(H,19,20). The second-order valence-corrected chi connectivity index (χ2v) is 4.89. The van der Waals surface area contributed by atoms with Gasteiger partial charge in [0.2, 0.25) is 0 Å². The number of carbonyl (C=O) groups excluding carboxylic acids is 1. The molecule has 104 valence electrons. The first kappa shape index (κ1) is 14.2. The number of carbonyl (C=O) groups is 1. The first-order valence-electron chi connectivity index (χ1n) is 6.33. The van der Waals surface area contributed by atoms with Gasteiger partial charge in [0.25, 0.3) is 5.91 Å². The molecule has 0 aliphatic heterocycles. The van der Waals surface area contributed by atoms with Crippen molar-refractivity contribution >= 4 is 11.6 Å². The molecule has 0 aliphatic rings. The molecule has 0 saturated heterocycles. The second kappa shape index (κ2) is 5.82. The number of halogens is 2. The van der Waals surface area contributed by atoms with Crippen LogP contribution >= 0.6 is 0 Å². The van der Waals surface area contributed by atoms with E-state index in [9.17, 15) is 13.6 Å². The van der Waals surface area contributed by atoms with Crippen LogP contribution < -0.4 is 5.32 Å². The van der Waals surface area contributed by atoms with E-state index in [-0.39, 0.29) is 5.56 Å². The lowest BCUT2D eigenvalue weighted by atomic mass is 10.0. The number of amides is 1. The van der Waals surface area contributed by atoms with Gasteiger partial charge in [-0.2, -0.15) is 0 Å². The van der Waals surface area contributed by atoms with Gasteiger partial charge in [-0.1, -0.05) is 26.0 Å². The molecule has 2 nitrogen and oxygen atoms in total. The van der Waals surface area contributed by atoms with Crippen LogP contribution in [-0.4, -0.2) is 5.91 Å². The highest BCUT2D eigenvalue weighted by Gasteiger charge is 2.10. The van der Waals surface area contributed by atoms with Crippen LogP contribution in [0.2, 0.25) is 0 Å². The van der Waals surface area contributed by atoms with Crippen molar-refractivity contribution in [1.82, 2.24) is 0 Å². The molecule has 0 heterocycles. The Balaban J connectivity index is 2.21. The van der Waals surface area contributed by atoms with Crippen molar-refractivity contribution in [2.75, 3.05) is 5.32 Å². The highest BCUT2D eigenvalue weighted by molar-refractivity contribution is 6.04. The molecule has 0 atom stereocenters. The van der Waals surface area contributed by atoms with Gasteiger partial charge in [0.1, 0.15) is 11.6 Å². The SMILES string of the molecule is CC(C)c1cccc(NC(=O)c2cc(F)cc(F)c2)c1. The summed E-state index contributed by atoms with van der Waals surface area (Å²) in [5.41, 5.74) is 1.64. The fraction of sp³-hybridized carbons (Fsp3) is 0.188. The molecule has 0 saturated carbocycles. The van der Waals surface area contributed by atoms with Crippen molar-refractivity contribution < 1.29 is 13.6 Å². The first-order valence-corrected chi connectivity index (χ1v) is 6.33. The Morgan fingerprint density at radius 1 is 1.05 bits per heavy atom. The molecule has 0 radical (unpaired) electrons. The van der Waals surface area contributed by atoms with Crippen LogP contribution in [0.15, 0.2) is 42.5 Å². The van der Waals surface area contributed by atoms with Crippen LogP contribution in [0.4, 0.5) is 14.5 Å². The molecular formula is C16H15F2NO. The van der Waals surface area contributed by atoms with Gasteiger partial charge in [-0.05, 0) is 35.7 Å². The van der Waals surface area contributed by atoms with Crippen LogP contribution in [0, 0.1) is 11.6 Å². The Kier molecular flexibility index (Phi) is 4.13. The smallest absolute Gasteiger partial charge is 0.255 e. The molecule has 20 heavy (non-hydrogen) atoms. The summed E-state index contributed by atoms with van der Waals surface area (Å²) in [6, 6.07) is 10.1. The molecule has 0 fully saturated rings. The molecule has 0 spiro atoms. The first-order chi connectivity index (χ1) is 9.45. The molecule has 0 unspecified atom stereocenters. The molecule has 2 rings (SSSR count). The molecule has 0 aromatic heterocycles. The molecule has 2 aromatic rings. The van der Waals surface area contributed by atoms with Crippen LogP contribution in [-0.2, 0) is 0 Å². The van der Waals surface area contributed by atoms with Crippen LogP contribution in [0.25, 0.3) is 0 Å². The normalized spacial score (nSPS) is 10.7. The van der Waals surface area contributed by atoms with E-state index >= 15 is 0 Å². The minimum Gasteiger partial charge on any atom is -0.322 e. The van der Waals surface area contributed by atoms with E-state index in [0.29, 0.717) is 11.6 Å². The Morgan fingerprint density at radius 2 is 1.70 bits per heavy atom. The molecule has 0 bridgehead atoms. The molecule has 0 aliphatic carbocycles. The number of anilines is 1. The van der Waals surface area contributed by atoms with E-state index in [0.717, 1.165) is 23.8 Å². The third kappa shape index (κ3) is 3.41. The number of rotatable bonds is 3. The van der Waals surface area contributed by atoms with Gasteiger partial charge in [-0.15, -0.1) is 0 Å². The van der Waals surface area contributed by atoms with Gasteiger partial charge in [-0.3, -0.25) is 4.79 Å². The van der Waals surface area contributed by atoms with Crippen LogP contribution in [0.3, 0.4) is 0 Å². The lowest BCUT2D eigenvalue weighted by Crippen LogP contribution is -2.12. The number of hydrogen-bond acceptors (Lipinski definition) is 1. The Hall–Kier alpha value is -2.23. The largest absolute Gasteiger partial charge is 0.322 e. The van der Waals surface area contributed by atoms with E-state index < -0.39 is 17.5 Å². The quantitative estimate of drug-likeness (QED) is 0.887. The molecular weight excluding hydrogens is 260 g/mol. The van der Waals surface area contributed by atoms with Crippen molar-refractivity contribution in [3.8, 4) is 0 Å². The monoisotopic (exact) mass is 275 g/mol. The third-order valence-electron chi connectivity index (χ3n) is 2.94. The summed E-state index contributed by atoms with van der Waals surface area (Å²) in [6.07, 6.45) is 0. The second-order valence-electron chi connectivity index (χ2n) is 4.89. The van der Waals surface area contributed by atoms with E-state index in [2.05, 4.69) is 5.32 Å². The summed E-state index contributed by atoms with van der Waals surface area (Å²) in [5.74, 6) is -1.75. The topological polar surface area (TPSA) is 29.1 Å². The summed E-state index contributed by atoms with van der Waals surface area (Å²) in [7, 11) is 0. The van der Waals surface area contributed by atoms with Crippen molar-refractivity contribution in [2.24, 2.45) is 0 Å². The van der Waals surface area contributed by atoms with Gasteiger partial charge in [0.15, 0.2) is 0 Å². The van der Waals surface area contributed by atoms with Crippen LogP contribution in [0.1, 0.15) is 35.7 Å². The van der Waals surface area contributed by atoms with Crippen LogP contribution in [0.5, 0.6) is 0 Å². The zero-order chi connectivity index (χ0) is 14.7. The van der Waals surface area contributed by atoms with E-state index in [1.165, 1.54) is 0 Å². The average Bonchev–Trinajstić information content (AvgIpc) is 2.37. The van der Waals surface area contributed by atoms with Gasteiger partial charge < -0.3 is 5.32 Å². The Labute approximate surface area is 116 Å². The highest BCUT2D eigenvalue weighted by atomic mass is 19.1. The Bertz CT molecular complexity index is 618.